The van der Waals surface area contributed by atoms with E-state index in [0.717, 1.165) is 0 Å². The molecule has 5 heteroatoms. The minimum Gasteiger partial charge on any atom is -0.506 e. The first kappa shape index (κ1) is 13.6. The van der Waals surface area contributed by atoms with E-state index in [2.05, 4.69) is 5.32 Å². The van der Waals surface area contributed by atoms with Gasteiger partial charge in [-0.15, -0.1) is 0 Å². The van der Waals surface area contributed by atoms with Crippen molar-refractivity contribution < 1.29 is 14.3 Å². The number of phenols is 1. The molecule has 0 radical (unpaired) electrons. The number of benzene rings is 2. The van der Waals surface area contributed by atoms with Gasteiger partial charge >= 0.3 is 0 Å². The van der Waals surface area contributed by atoms with E-state index in [1.807, 2.05) is 29.2 Å². The Morgan fingerprint density at radius 3 is 2.43 bits per heavy atom. The van der Waals surface area contributed by atoms with Crippen LogP contribution in [0, 0.1) is 5.82 Å². The second-order valence-corrected chi connectivity index (χ2v) is 5.10. The van der Waals surface area contributed by atoms with Crippen LogP contribution in [0.25, 0.3) is 0 Å². The third kappa shape index (κ3) is 2.87. The van der Waals surface area contributed by atoms with E-state index < -0.39 is 5.82 Å². The topological polar surface area (TPSA) is 52.6 Å². The fourth-order valence-corrected chi connectivity index (χ4v) is 2.53. The normalized spacial score (nSPS) is 14.0. The van der Waals surface area contributed by atoms with Gasteiger partial charge in [-0.05, 0) is 23.3 Å². The van der Waals surface area contributed by atoms with Crippen molar-refractivity contribution in [3.05, 3.63) is 59.4 Å². The summed E-state index contributed by atoms with van der Waals surface area (Å²) in [6, 6.07) is 11.9. The molecule has 0 saturated heterocycles. The van der Waals surface area contributed by atoms with Gasteiger partial charge in [0.15, 0.2) is 5.82 Å². The van der Waals surface area contributed by atoms with Crippen LogP contribution in [0.2, 0.25) is 0 Å². The van der Waals surface area contributed by atoms with Crippen LogP contribution < -0.4 is 5.32 Å². The van der Waals surface area contributed by atoms with Crippen LogP contribution >= 0.6 is 0 Å². The standard InChI is InChI=1S/C16H15FN2O2/c17-13-6-3-7-14(20)16(13)18-15(21)10-19-8-11-4-1-2-5-12(11)9-19/h1-7,20H,8-10H2,(H,18,21). The summed E-state index contributed by atoms with van der Waals surface area (Å²) in [5.74, 6) is -1.26. The van der Waals surface area contributed by atoms with Gasteiger partial charge in [0.05, 0.1) is 6.54 Å². The van der Waals surface area contributed by atoms with Gasteiger partial charge in [-0.3, -0.25) is 9.69 Å². The highest BCUT2D eigenvalue weighted by molar-refractivity contribution is 5.93. The maximum atomic E-state index is 13.6. The summed E-state index contributed by atoms with van der Waals surface area (Å²) < 4.78 is 13.6. The SMILES string of the molecule is O=C(CN1Cc2ccccc2C1)Nc1c(O)cccc1F. The molecule has 3 rings (SSSR count). The predicted octanol–water partition coefficient (Wildman–Crippen LogP) is 2.49. The maximum Gasteiger partial charge on any atom is 0.238 e. The molecule has 0 bridgehead atoms. The molecule has 0 aromatic heterocycles. The smallest absolute Gasteiger partial charge is 0.238 e. The quantitative estimate of drug-likeness (QED) is 0.852. The zero-order valence-electron chi connectivity index (χ0n) is 11.3. The number of nitrogens with one attached hydrogen (secondary N) is 1. The maximum absolute atomic E-state index is 13.6. The van der Waals surface area contributed by atoms with E-state index in [1.54, 1.807) is 0 Å². The number of rotatable bonds is 3. The fraction of sp³-hybridized carbons (Fsp3) is 0.188. The van der Waals surface area contributed by atoms with Gasteiger partial charge in [-0.2, -0.15) is 0 Å². The predicted molar refractivity (Wildman–Crippen MR) is 77.3 cm³/mol. The molecular formula is C16H15FN2O2. The summed E-state index contributed by atoms with van der Waals surface area (Å²) in [5, 5.41) is 12.0. The summed E-state index contributed by atoms with van der Waals surface area (Å²) in [4.78, 5) is 14.0. The average Bonchev–Trinajstić information content (AvgIpc) is 2.85. The molecular weight excluding hydrogens is 271 g/mol. The molecule has 1 amide bonds. The molecule has 2 aromatic rings. The summed E-state index contributed by atoms with van der Waals surface area (Å²) >= 11 is 0. The summed E-state index contributed by atoms with van der Waals surface area (Å²) in [6.45, 7) is 1.56. The zero-order chi connectivity index (χ0) is 14.8. The fourth-order valence-electron chi connectivity index (χ4n) is 2.53. The Morgan fingerprint density at radius 2 is 1.81 bits per heavy atom. The van der Waals surface area contributed by atoms with Crippen molar-refractivity contribution >= 4 is 11.6 Å². The Labute approximate surface area is 121 Å². The second kappa shape index (κ2) is 5.54. The zero-order valence-corrected chi connectivity index (χ0v) is 11.3. The van der Waals surface area contributed by atoms with E-state index in [0.29, 0.717) is 13.1 Å². The Morgan fingerprint density at radius 1 is 1.14 bits per heavy atom. The number of aromatic hydroxyl groups is 1. The van der Waals surface area contributed by atoms with Crippen molar-refractivity contribution in [2.24, 2.45) is 0 Å². The molecule has 108 valence electrons. The lowest BCUT2D eigenvalue weighted by Crippen LogP contribution is -2.29. The number of carbonyl (C=O) groups excluding carboxylic acids is 1. The van der Waals surface area contributed by atoms with E-state index >= 15 is 0 Å². The highest BCUT2D eigenvalue weighted by Gasteiger charge is 2.21. The minimum atomic E-state index is -0.645. The van der Waals surface area contributed by atoms with Crippen LogP contribution in [0.1, 0.15) is 11.1 Å². The van der Waals surface area contributed by atoms with Crippen LogP contribution in [-0.2, 0) is 17.9 Å². The number of amides is 1. The molecule has 1 aliphatic heterocycles. The number of fused-ring (bicyclic) bond motifs is 1. The molecule has 21 heavy (non-hydrogen) atoms. The number of para-hydroxylation sites is 1. The van der Waals surface area contributed by atoms with Crippen molar-refractivity contribution in [2.75, 3.05) is 11.9 Å². The van der Waals surface area contributed by atoms with Crippen LogP contribution in [0.3, 0.4) is 0 Å². The van der Waals surface area contributed by atoms with Crippen molar-refractivity contribution in [3.8, 4) is 5.75 Å². The van der Waals surface area contributed by atoms with Crippen LogP contribution in [0.5, 0.6) is 5.75 Å². The summed E-state index contributed by atoms with van der Waals surface area (Å²) in [6.07, 6.45) is 0. The number of hydrogen-bond acceptors (Lipinski definition) is 3. The largest absolute Gasteiger partial charge is 0.506 e. The molecule has 0 aliphatic carbocycles. The Hall–Kier alpha value is -2.40. The van der Waals surface area contributed by atoms with Gasteiger partial charge in [0, 0.05) is 13.1 Å². The second-order valence-electron chi connectivity index (χ2n) is 5.10. The number of halogens is 1. The molecule has 0 spiro atoms. The number of hydrogen-bond donors (Lipinski definition) is 2. The van der Waals surface area contributed by atoms with E-state index in [4.69, 9.17) is 0 Å². The summed E-state index contributed by atoms with van der Waals surface area (Å²) in [7, 11) is 0. The molecule has 1 aliphatic rings. The van der Waals surface area contributed by atoms with Gasteiger partial charge in [0.1, 0.15) is 11.4 Å². The third-order valence-electron chi connectivity index (χ3n) is 3.53. The van der Waals surface area contributed by atoms with Gasteiger partial charge in [0.2, 0.25) is 5.91 Å². The monoisotopic (exact) mass is 286 g/mol. The molecule has 0 fully saturated rings. The third-order valence-corrected chi connectivity index (χ3v) is 3.53. The molecule has 0 unspecified atom stereocenters. The Kier molecular flexibility index (Phi) is 3.58. The minimum absolute atomic E-state index is 0.155. The van der Waals surface area contributed by atoms with Crippen LogP contribution in [0.15, 0.2) is 42.5 Å². The van der Waals surface area contributed by atoms with Crippen LogP contribution in [0.4, 0.5) is 10.1 Å². The molecule has 0 atom stereocenters. The van der Waals surface area contributed by atoms with Crippen LogP contribution in [-0.4, -0.2) is 22.5 Å². The van der Waals surface area contributed by atoms with Gasteiger partial charge < -0.3 is 10.4 Å². The average molecular weight is 286 g/mol. The number of nitrogens with zero attached hydrogens (tertiary/aromatic N) is 1. The highest BCUT2D eigenvalue weighted by Crippen LogP contribution is 2.26. The number of carbonyl (C=O) groups is 1. The van der Waals surface area contributed by atoms with Crippen molar-refractivity contribution in [1.29, 1.82) is 0 Å². The highest BCUT2D eigenvalue weighted by atomic mass is 19.1. The first-order valence-corrected chi connectivity index (χ1v) is 6.70. The van der Waals surface area contributed by atoms with Crippen molar-refractivity contribution in [2.45, 2.75) is 13.1 Å². The lowest BCUT2D eigenvalue weighted by atomic mass is 10.1. The molecule has 2 aromatic carbocycles. The Bertz CT molecular complexity index is 642. The first-order chi connectivity index (χ1) is 10.1. The van der Waals surface area contributed by atoms with E-state index in [-0.39, 0.29) is 23.9 Å². The number of anilines is 1. The molecule has 1 heterocycles. The van der Waals surface area contributed by atoms with E-state index in [1.165, 1.54) is 29.3 Å². The Balaban J connectivity index is 1.64. The van der Waals surface area contributed by atoms with Crippen molar-refractivity contribution in [3.63, 3.8) is 0 Å². The lowest BCUT2D eigenvalue weighted by Gasteiger charge is -2.15. The van der Waals surface area contributed by atoms with Crippen molar-refractivity contribution in [1.82, 2.24) is 4.90 Å². The van der Waals surface area contributed by atoms with Gasteiger partial charge in [-0.25, -0.2) is 4.39 Å². The molecule has 2 N–H and O–H groups in total. The number of phenolic OH excluding ortho intramolecular Hbond substituents is 1. The van der Waals surface area contributed by atoms with E-state index in [9.17, 15) is 14.3 Å². The van der Waals surface area contributed by atoms with Gasteiger partial charge in [0.25, 0.3) is 0 Å². The van der Waals surface area contributed by atoms with Gasteiger partial charge in [-0.1, -0.05) is 30.3 Å². The molecule has 0 saturated carbocycles. The lowest BCUT2D eigenvalue weighted by molar-refractivity contribution is -0.117. The molecule has 4 nitrogen and oxygen atoms in total. The first-order valence-electron chi connectivity index (χ1n) is 6.70. The summed E-state index contributed by atoms with van der Waals surface area (Å²) in [5.41, 5.74) is 2.25.